The molecule has 0 spiro atoms. The fourth-order valence-electron chi connectivity index (χ4n) is 3.89. The van der Waals surface area contributed by atoms with Crippen LogP contribution in [0, 0.1) is 13.8 Å². The summed E-state index contributed by atoms with van der Waals surface area (Å²) in [6, 6.07) is 7.30. The number of nitrogens with zero attached hydrogens (tertiary/aromatic N) is 2. The van der Waals surface area contributed by atoms with Gasteiger partial charge in [0.1, 0.15) is 0 Å². The number of anilines is 4. The van der Waals surface area contributed by atoms with E-state index in [1.165, 1.54) is 0 Å². The van der Waals surface area contributed by atoms with Crippen LogP contribution in [0.2, 0.25) is 0 Å². The minimum atomic E-state index is -4.67. The molecule has 28 heteroatoms. The predicted octanol–water partition coefficient (Wildman–Crippen LogP) is 0.0771. The van der Waals surface area contributed by atoms with Crippen LogP contribution in [0.15, 0.2) is 24.3 Å². The monoisotopic (exact) mass is 854 g/mol. The minimum absolute atomic E-state index is 0. The average molecular weight is 855 g/mol. The lowest BCUT2D eigenvalue weighted by molar-refractivity contribution is 0.378. The highest BCUT2D eigenvalue weighted by Gasteiger charge is 2.16. The Morgan fingerprint density at radius 1 is 0.538 bits per heavy atom. The maximum absolute atomic E-state index is 11.3. The van der Waals surface area contributed by atoms with E-state index in [9.17, 15) is 16.8 Å². The quantitative estimate of drug-likeness (QED) is 0.0859. The van der Waals surface area contributed by atoms with Crippen molar-refractivity contribution in [3.8, 4) is 0 Å². The van der Waals surface area contributed by atoms with E-state index in [0.717, 1.165) is 70.4 Å². The molecule has 0 atom stereocenters. The maximum atomic E-state index is 11.3. The van der Waals surface area contributed by atoms with Gasteiger partial charge < -0.3 is 16.9 Å². The zero-order chi connectivity index (χ0) is 41.3. The molecule has 0 bridgehead atoms. The van der Waals surface area contributed by atoms with Crippen LogP contribution < -0.4 is 31.1 Å². The summed E-state index contributed by atoms with van der Waals surface area (Å²) in [5.74, 6) is 0. The van der Waals surface area contributed by atoms with Gasteiger partial charge in [0, 0.05) is 24.5 Å². The lowest BCUT2D eigenvalue weighted by Gasteiger charge is -2.26. The topological polar surface area (TPSA) is 406 Å². The smallest absolute Gasteiger partial charge is 0.394 e. The van der Waals surface area contributed by atoms with Gasteiger partial charge in [-0.25, -0.2) is 16.8 Å². The number of benzene rings is 2. The van der Waals surface area contributed by atoms with Gasteiger partial charge in [0.05, 0.1) is 23.9 Å². The second-order valence-electron chi connectivity index (χ2n) is 9.82. The molecule has 0 saturated carbocycles. The Morgan fingerprint density at radius 2 is 0.750 bits per heavy atom. The third-order valence-corrected chi connectivity index (χ3v) is 6.81. The number of nitrogens with two attached hydrogens (primary N) is 2. The van der Waals surface area contributed by atoms with Crippen LogP contribution >= 0.6 is 0 Å². The summed E-state index contributed by atoms with van der Waals surface area (Å²) in [4.78, 5) is 5.02. The molecule has 23 nitrogen and oxygen atoms in total. The molecule has 0 saturated heterocycles. The molecule has 2 aromatic rings. The fourth-order valence-corrected chi connectivity index (χ4v) is 5.14. The first-order valence-corrected chi connectivity index (χ1v) is 21.9. The van der Waals surface area contributed by atoms with Crippen molar-refractivity contribution in [3.05, 3.63) is 46.5 Å². The Kier molecular flexibility index (Phi) is 25.4. The molecule has 0 aliphatic heterocycles. The van der Waals surface area contributed by atoms with E-state index < -0.39 is 51.2 Å². The molecule has 52 heavy (non-hydrogen) atoms. The van der Waals surface area contributed by atoms with Gasteiger partial charge in [0.15, 0.2) is 0 Å². The lowest BCUT2D eigenvalue weighted by atomic mass is 10.0. The lowest BCUT2D eigenvalue weighted by Crippen LogP contribution is -2.42. The standard InChI is InChI=1S/2C12H21N3O2S.3H2O4S.H2O/c2*1-5-10-9(3)11(13)7-8-12(10)15(6-2)14-18(4,16)17;3*1-5(2,3)4;/h2*7-8,14H,5-6,13H2,1-4H3;3*(H2,1,2,3,4);1H2. The van der Waals surface area contributed by atoms with Crippen molar-refractivity contribution in [2.24, 2.45) is 0 Å². The average Bonchev–Trinajstić information content (AvgIpc) is 2.90. The van der Waals surface area contributed by atoms with Crippen molar-refractivity contribution in [1.29, 1.82) is 0 Å². The summed E-state index contributed by atoms with van der Waals surface area (Å²) in [6.07, 6.45) is 3.89. The van der Waals surface area contributed by atoms with Gasteiger partial charge in [-0.3, -0.25) is 37.3 Å². The first-order chi connectivity index (χ1) is 22.6. The molecule has 0 amide bonds. The zero-order valence-corrected chi connectivity index (χ0v) is 33.6. The molecule has 0 unspecified atom stereocenters. The van der Waals surface area contributed by atoms with Crippen LogP contribution in [0.4, 0.5) is 22.7 Å². The van der Waals surface area contributed by atoms with Gasteiger partial charge in [-0.15, -0.1) is 9.66 Å². The van der Waals surface area contributed by atoms with Crippen molar-refractivity contribution >= 4 is 74.0 Å². The van der Waals surface area contributed by atoms with Crippen LogP contribution in [0.3, 0.4) is 0 Å². The zero-order valence-electron chi connectivity index (χ0n) is 29.5. The second-order valence-corrected chi connectivity index (χ2v) is 16.0. The molecule has 2 aromatic carbocycles. The molecule has 0 aliphatic carbocycles. The molecule has 0 fully saturated rings. The third kappa shape index (κ3) is 30.6. The molecule has 2 rings (SSSR count). The normalized spacial score (nSPS) is 11.3. The Hall–Kier alpha value is -2.97. The van der Waals surface area contributed by atoms with Crippen molar-refractivity contribution in [1.82, 2.24) is 9.66 Å². The number of hydrogen-bond donors (Lipinski definition) is 10. The number of hydrogen-bond acceptors (Lipinski definition) is 14. The largest absolute Gasteiger partial charge is 0.412 e. The summed E-state index contributed by atoms with van der Waals surface area (Å²) in [6.45, 7) is 12.8. The fraction of sp³-hybridized carbons (Fsp3) is 0.500. The van der Waals surface area contributed by atoms with Gasteiger partial charge in [-0.2, -0.15) is 25.3 Å². The van der Waals surface area contributed by atoms with Gasteiger partial charge in [0.25, 0.3) is 0 Å². The SMILES string of the molecule is CCc1c(N(CC)NS(C)(=O)=O)ccc(N)c1C.CCc1c(N(CC)NS(C)(=O)=O)ccc(N)c1C.O.O=S(=O)(O)O.O=S(=O)(O)O.O=S(=O)(O)O. The summed E-state index contributed by atoms with van der Waals surface area (Å²) < 4.78 is 140. The van der Waals surface area contributed by atoms with Crippen molar-refractivity contribution in [2.45, 2.75) is 54.4 Å². The molecule has 0 aliphatic rings. The highest BCUT2D eigenvalue weighted by atomic mass is 32.3. The van der Waals surface area contributed by atoms with Crippen LogP contribution in [-0.4, -0.2) is 100 Å². The maximum Gasteiger partial charge on any atom is 0.394 e. The molecular weight excluding hydrogens is 805 g/mol. The highest BCUT2D eigenvalue weighted by Crippen LogP contribution is 2.28. The molecular formula is C24H50N6O17S5. The molecule has 308 valence electrons. The van der Waals surface area contributed by atoms with E-state index in [2.05, 4.69) is 9.66 Å². The van der Waals surface area contributed by atoms with Gasteiger partial charge in [-0.05, 0) is 87.1 Å². The first kappa shape index (κ1) is 55.8. The number of hydrazine groups is 2. The Balaban J connectivity index is -0.000000315. The van der Waals surface area contributed by atoms with Crippen molar-refractivity contribution < 1.29 is 74.9 Å². The van der Waals surface area contributed by atoms with Gasteiger partial charge in [-0.1, -0.05) is 13.8 Å². The summed E-state index contributed by atoms with van der Waals surface area (Å²) in [5.41, 5.74) is 19.1. The summed E-state index contributed by atoms with van der Waals surface area (Å²) in [7, 11) is -20.6. The Bertz CT molecular complexity index is 1770. The number of nitrogens with one attached hydrogen (secondary N) is 2. The number of nitrogen functional groups attached to an aromatic ring is 2. The van der Waals surface area contributed by atoms with Gasteiger partial charge >= 0.3 is 31.2 Å². The number of sulfonamides is 2. The van der Waals surface area contributed by atoms with Crippen molar-refractivity contribution in [2.75, 3.05) is 47.1 Å². The molecule has 0 aromatic heterocycles. The van der Waals surface area contributed by atoms with Gasteiger partial charge in [0.2, 0.25) is 20.0 Å². The van der Waals surface area contributed by atoms with Crippen molar-refractivity contribution in [3.63, 3.8) is 0 Å². The van der Waals surface area contributed by atoms with E-state index in [1.807, 2.05) is 53.7 Å². The molecule has 14 N–H and O–H groups in total. The van der Waals surface area contributed by atoms with E-state index in [-0.39, 0.29) is 5.48 Å². The second kappa shape index (κ2) is 23.6. The predicted molar refractivity (Wildman–Crippen MR) is 198 cm³/mol. The van der Waals surface area contributed by atoms with Crippen LogP contribution in [-0.2, 0) is 64.1 Å². The van der Waals surface area contributed by atoms with E-state index in [4.69, 9.17) is 64.0 Å². The van der Waals surface area contributed by atoms with E-state index in [1.54, 1.807) is 22.2 Å². The Labute approximate surface area is 305 Å². The van der Waals surface area contributed by atoms with Crippen LogP contribution in [0.25, 0.3) is 0 Å². The van der Waals surface area contributed by atoms with Crippen LogP contribution in [0.1, 0.15) is 49.9 Å². The molecule has 0 radical (unpaired) electrons. The van der Waals surface area contributed by atoms with E-state index in [0.29, 0.717) is 13.1 Å². The highest BCUT2D eigenvalue weighted by molar-refractivity contribution is 7.89. The summed E-state index contributed by atoms with van der Waals surface area (Å²) in [5, 5.41) is 3.25. The summed E-state index contributed by atoms with van der Waals surface area (Å²) >= 11 is 0. The first-order valence-electron chi connectivity index (χ1n) is 13.9. The number of rotatable bonds is 10. The Morgan fingerprint density at radius 3 is 0.904 bits per heavy atom. The minimum Gasteiger partial charge on any atom is -0.412 e. The molecule has 0 heterocycles. The van der Waals surface area contributed by atoms with Crippen LogP contribution in [0.5, 0.6) is 0 Å². The third-order valence-electron chi connectivity index (χ3n) is 5.70. The van der Waals surface area contributed by atoms with E-state index >= 15 is 0 Å².